The summed E-state index contributed by atoms with van der Waals surface area (Å²) in [4.78, 5) is 13.0. The molecule has 0 bridgehead atoms. The Hall–Kier alpha value is -1.15. The Morgan fingerprint density at radius 2 is 0.922 bits per heavy atom. The van der Waals surface area contributed by atoms with Crippen molar-refractivity contribution in [2.75, 3.05) is 13.2 Å². The SMILES string of the molecule is CCCCCC/C=C\CCC(O)C(=O)NC(COC1OC(CO)C(O)C(O)C1O)C(O)C(O)CCCCCCCCCCCCCCCCCCCCCCCCCCCCCCC. The van der Waals surface area contributed by atoms with Crippen molar-refractivity contribution in [3.63, 3.8) is 0 Å². The quantitative estimate of drug-likeness (QED) is 0.0216. The fraction of sp³-hybridized carbons (Fsp3) is 0.943. The molecule has 380 valence electrons. The Bertz CT molecular complexity index is 1050. The fourth-order valence-electron chi connectivity index (χ4n) is 8.86. The van der Waals surface area contributed by atoms with Crippen LogP contribution >= 0.6 is 0 Å². The molecule has 1 amide bonds. The molecule has 11 heteroatoms. The minimum atomic E-state index is -1.66. The van der Waals surface area contributed by atoms with Gasteiger partial charge in [0.05, 0.1) is 25.4 Å². The number of rotatable bonds is 46. The number of nitrogens with one attached hydrogen (secondary N) is 1. The Balaban J connectivity index is 2.20. The first-order valence-electron chi connectivity index (χ1n) is 27.1. The van der Waals surface area contributed by atoms with Crippen LogP contribution in [-0.2, 0) is 14.3 Å². The zero-order valence-corrected chi connectivity index (χ0v) is 41.3. The van der Waals surface area contributed by atoms with E-state index in [-0.39, 0.29) is 6.42 Å². The van der Waals surface area contributed by atoms with Gasteiger partial charge < -0.3 is 50.5 Å². The Kier molecular flexibility index (Phi) is 41.0. The van der Waals surface area contributed by atoms with Gasteiger partial charge >= 0.3 is 0 Å². The van der Waals surface area contributed by atoms with Gasteiger partial charge in [0.2, 0.25) is 5.91 Å². The van der Waals surface area contributed by atoms with Crippen molar-refractivity contribution in [2.45, 2.75) is 306 Å². The van der Waals surface area contributed by atoms with Gasteiger partial charge in [0, 0.05) is 0 Å². The van der Waals surface area contributed by atoms with E-state index in [1.807, 2.05) is 6.08 Å². The summed E-state index contributed by atoms with van der Waals surface area (Å²) < 4.78 is 11.1. The maximum Gasteiger partial charge on any atom is 0.249 e. The summed E-state index contributed by atoms with van der Waals surface area (Å²) in [5.74, 6) is -0.731. The monoisotopic (exact) mass is 914 g/mol. The van der Waals surface area contributed by atoms with Crippen molar-refractivity contribution in [1.82, 2.24) is 5.32 Å². The van der Waals surface area contributed by atoms with Gasteiger partial charge in [-0.1, -0.05) is 231 Å². The summed E-state index contributed by atoms with van der Waals surface area (Å²) in [5, 5.41) is 75.6. The van der Waals surface area contributed by atoms with Crippen molar-refractivity contribution in [1.29, 1.82) is 0 Å². The predicted molar refractivity (Wildman–Crippen MR) is 261 cm³/mol. The number of unbranched alkanes of at least 4 members (excludes halogenated alkanes) is 32. The maximum absolute atomic E-state index is 13.0. The van der Waals surface area contributed by atoms with Crippen LogP contribution in [0.3, 0.4) is 0 Å². The molecule has 9 unspecified atom stereocenters. The van der Waals surface area contributed by atoms with Crippen molar-refractivity contribution in [3.8, 4) is 0 Å². The lowest BCUT2D eigenvalue weighted by molar-refractivity contribution is -0.303. The van der Waals surface area contributed by atoms with Crippen molar-refractivity contribution in [2.24, 2.45) is 0 Å². The van der Waals surface area contributed by atoms with Crippen molar-refractivity contribution in [3.05, 3.63) is 12.2 Å². The second-order valence-corrected chi connectivity index (χ2v) is 19.3. The molecule has 1 saturated heterocycles. The zero-order valence-electron chi connectivity index (χ0n) is 41.3. The zero-order chi connectivity index (χ0) is 46.9. The van der Waals surface area contributed by atoms with Gasteiger partial charge in [-0.25, -0.2) is 0 Å². The van der Waals surface area contributed by atoms with Crippen LogP contribution in [0.2, 0.25) is 0 Å². The average Bonchev–Trinajstić information content (AvgIpc) is 3.29. The smallest absolute Gasteiger partial charge is 0.249 e. The van der Waals surface area contributed by atoms with Gasteiger partial charge in [0.25, 0.3) is 0 Å². The predicted octanol–water partition coefficient (Wildman–Crippen LogP) is 10.4. The van der Waals surface area contributed by atoms with E-state index < -0.39 is 74.2 Å². The molecule has 0 aromatic carbocycles. The molecular weight excluding hydrogens is 811 g/mol. The molecule has 1 rings (SSSR count). The van der Waals surface area contributed by atoms with E-state index in [1.165, 1.54) is 180 Å². The summed E-state index contributed by atoms with van der Waals surface area (Å²) in [7, 11) is 0. The second-order valence-electron chi connectivity index (χ2n) is 19.3. The summed E-state index contributed by atoms with van der Waals surface area (Å²) >= 11 is 0. The van der Waals surface area contributed by atoms with E-state index in [2.05, 4.69) is 25.2 Å². The first-order chi connectivity index (χ1) is 31.2. The summed E-state index contributed by atoms with van der Waals surface area (Å²) in [6.45, 7) is 3.39. The van der Waals surface area contributed by atoms with Crippen LogP contribution in [0.15, 0.2) is 12.2 Å². The van der Waals surface area contributed by atoms with Crippen LogP contribution in [0.25, 0.3) is 0 Å². The van der Waals surface area contributed by atoms with Crippen molar-refractivity contribution >= 4 is 5.91 Å². The van der Waals surface area contributed by atoms with E-state index >= 15 is 0 Å². The molecule has 0 aliphatic carbocycles. The third kappa shape index (κ3) is 31.8. The number of carbonyl (C=O) groups is 1. The normalized spacial score (nSPS) is 21.0. The molecule has 1 aliphatic rings. The molecule has 11 nitrogen and oxygen atoms in total. The highest BCUT2D eigenvalue weighted by Crippen LogP contribution is 2.23. The lowest BCUT2D eigenvalue weighted by Gasteiger charge is -2.40. The lowest BCUT2D eigenvalue weighted by Crippen LogP contribution is -2.60. The van der Waals surface area contributed by atoms with Gasteiger partial charge in [0.1, 0.15) is 36.6 Å². The van der Waals surface area contributed by atoms with E-state index in [1.54, 1.807) is 0 Å². The van der Waals surface area contributed by atoms with Gasteiger partial charge in [0.15, 0.2) is 6.29 Å². The van der Waals surface area contributed by atoms with E-state index in [0.29, 0.717) is 19.3 Å². The number of carbonyl (C=O) groups excluding carboxylic acids is 1. The molecule has 0 spiro atoms. The molecule has 1 aliphatic heterocycles. The molecule has 0 aromatic heterocycles. The van der Waals surface area contributed by atoms with Crippen LogP contribution in [-0.4, -0.2) is 110 Å². The standard InChI is InChI=1S/C53H103NO10/c1-3-5-7-9-11-13-14-15-16-17-18-19-20-21-22-23-24-25-26-27-28-29-30-31-32-33-35-36-38-40-45(56)48(58)44(43-63-53-51(61)50(60)49(59)47(42-55)64-53)54-52(62)46(57)41-39-37-34-12-10-8-6-4-2/h34,37,44-51,53,55-61H,3-33,35-36,38-43H2,1-2H3,(H,54,62)/b37-34-. The fourth-order valence-corrected chi connectivity index (χ4v) is 8.86. The summed E-state index contributed by atoms with van der Waals surface area (Å²) in [6, 6.07) is -1.18. The average molecular weight is 914 g/mol. The summed E-state index contributed by atoms with van der Waals surface area (Å²) in [5.41, 5.74) is 0. The molecule has 64 heavy (non-hydrogen) atoms. The largest absolute Gasteiger partial charge is 0.394 e. The molecule has 0 aromatic rings. The third-order valence-corrected chi connectivity index (χ3v) is 13.3. The molecule has 1 heterocycles. The maximum atomic E-state index is 13.0. The number of hydrogen-bond acceptors (Lipinski definition) is 10. The number of aliphatic hydroxyl groups is 7. The highest BCUT2D eigenvalue weighted by molar-refractivity contribution is 5.80. The molecule has 1 fully saturated rings. The molecule has 9 atom stereocenters. The molecule has 8 N–H and O–H groups in total. The molecular formula is C53H103NO10. The number of aliphatic hydroxyl groups excluding tert-OH is 7. The van der Waals surface area contributed by atoms with E-state index in [0.717, 1.165) is 32.1 Å². The van der Waals surface area contributed by atoms with Crippen LogP contribution < -0.4 is 5.32 Å². The minimum absolute atomic E-state index is 0.176. The number of ether oxygens (including phenoxy) is 2. The Morgan fingerprint density at radius 3 is 1.34 bits per heavy atom. The van der Waals surface area contributed by atoms with E-state index in [4.69, 9.17) is 9.47 Å². The number of allylic oxidation sites excluding steroid dienone is 2. The summed E-state index contributed by atoms with van der Waals surface area (Å²) in [6.07, 6.45) is 37.5. The number of amides is 1. The number of hydrogen-bond donors (Lipinski definition) is 8. The first-order valence-corrected chi connectivity index (χ1v) is 27.1. The van der Waals surface area contributed by atoms with Crippen LogP contribution in [0.1, 0.15) is 251 Å². The van der Waals surface area contributed by atoms with Crippen molar-refractivity contribution < 1.29 is 50.0 Å². The molecule has 0 saturated carbocycles. The van der Waals surface area contributed by atoms with Gasteiger partial charge in [-0.2, -0.15) is 0 Å². The lowest BCUT2D eigenvalue weighted by atomic mass is 9.98. The minimum Gasteiger partial charge on any atom is -0.394 e. The van der Waals surface area contributed by atoms with Crippen LogP contribution in [0.4, 0.5) is 0 Å². The first kappa shape index (κ1) is 60.9. The van der Waals surface area contributed by atoms with Crippen LogP contribution in [0.5, 0.6) is 0 Å². The van der Waals surface area contributed by atoms with Gasteiger partial charge in [-0.05, 0) is 32.1 Å². The van der Waals surface area contributed by atoms with Gasteiger partial charge in [-0.3, -0.25) is 4.79 Å². The Labute approximate surface area is 392 Å². The highest BCUT2D eigenvalue weighted by atomic mass is 16.7. The topological polar surface area (TPSA) is 189 Å². The second kappa shape index (κ2) is 43.2. The molecule has 0 radical (unpaired) electrons. The Morgan fingerprint density at radius 1 is 0.531 bits per heavy atom. The third-order valence-electron chi connectivity index (χ3n) is 13.3. The van der Waals surface area contributed by atoms with E-state index in [9.17, 15) is 40.5 Å². The van der Waals surface area contributed by atoms with Crippen LogP contribution in [0, 0.1) is 0 Å². The highest BCUT2D eigenvalue weighted by Gasteiger charge is 2.44. The van der Waals surface area contributed by atoms with Gasteiger partial charge in [-0.15, -0.1) is 0 Å².